The number of rotatable bonds is 6. The Morgan fingerprint density at radius 3 is 2.84 bits per heavy atom. The number of hydrogen-bond donors (Lipinski definition) is 3. The van der Waals surface area contributed by atoms with E-state index in [1.165, 1.54) is 18.3 Å². The number of hydrogen-bond acceptors (Lipinski definition) is 6. The molecular weight excluding hydrogens is 345 g/mol. The van der Waals surface area contributed by atoms with E-state index in [4.69, 9.17) is 9.76 Å². The van der Waals surface area contributed by atoms with E-state index in [9.17, 15) is 19.4 Å². The fourth-order valence-electron chi connectivity index (χ4n) is 2.39. The third-order valence-electron chi connectivity index (χ3n) is 3.50. The Morgan fingerprint density at radius 2 is 2.24 bits per heavy atom. The van der Waals surface area contributed by atoms with Crippen molar-refractivity contribution in [3.05, 3.63) is 40.6 Å². The molecule has 1 aliphatic rings. The third-order valence-corrected chi connectivity index (χ3v) is 4.41. The highest BCUT2D eigenvalue weighted by molar-refractivity contribution is 7.11. The fourth-order valence-corrected chi connectivity index (χ4v) is 3.13. The molecule has 0 spiro atoms. The molecule has 2 rings (SSSR count). The number of nitrogens with one attached hydrogen (secondary N) is 1. The third kappa shape index (κ3) is 5.66. The van der Waals surface area contributed by atoms with Gasteiger partial charge < -0.3 is 20.1 Å². The van der Waals surface area contributed by atoms with Crippen LogP contribution in [-0.2, 0) is 19.0 Å². The highest BCUT2D eigenvalue weighted by atomic mass is 32.1. The number of carbonyl (C=O) groups is 3. The number of aliphatic carboxylic acids is 1. The summed E-state index contributed by atoms with van der Waals surface area (Å²) in [4.78, 5) is 35.2. The molecule has 0 saturated carbocycles. The minimum Gasteiger partial charge on any atom is -0.478 e. The van der Waals surface area contributed by atoms with Gasteiger partial charge in [0.15, 0.2) is 0 Å². The lowest BCUT2D eigenvalue weighted by atomic mass is 9.77. The molecule has 7 nitrogen and oxygen atoms in total. The number of thiophene rings is 1. The largest absolute Gasteiger partial charge is 0.478 e. The minimum absolute atomic E-state index is 0.00297. The summed E-state index contributed by atoms with van der Waals surface area (Å²) < 4.78 is 5.39. The Labute approximate surface area is 149 Å². The van der Waals surface area contributed by atoms with Crippen LogP contribution in [0, 0.1) is 0 Å². The quantitative estimate of drug-likeness (QED) is 0.396. The molecule has 0 radical (unpaired) electrons. The van der Waals surface area contributed by atoms with E-state index >= 15 is 0 Å². The summed E-state index contributed by atoms with van der Waals surface area (Å²) in [6.07, 6.45) is 4.10. The molecule has 9 heteroatoms. The lowest BCUT2D eigenvalue weighted by Crippen LogP contribution is -2.48. The van der Waals surface area contributed by atoms with E-state index in [2.05, 4.69) is 5.32 Å². The Balaban J connectivity index is 2.09. The van der Waals surface area contributed by atoms with Gasteiger partial charge in [0.05, 0.1) is 17.6 Å². The number of carbonyl (C=O) groups excluding carboxylic acids is 2. The second-order valence-electron chi connectivity index (χ2n) is 5.59. The zero-order valence-electron chi connectivity index (χ0n) is 13.5. The van der Waals surface area contributed by atoms with Crippen LogP contribution in [0.4, 0.5) is 0 Å². The lowest BCUT2D eigenvalue weighted by molar-refractivity contribution is -0.131. The molecule has 0 aromatic carbocycles. The van der Waals surface area contributed by atoms with Crippen molar-refractivity contribution >= 4 is 41.7 Å². The standard InChI is InChI=1S/C16H18BNO6S/c1-10(19)8-11-4-2-6-14(17(23)24-11)18-16(22)12(9-15(20)21)13-5-3-7-25-13/h2-5,7,9,11,14,23H,6,8H2,1H3,(H,18,22)(H,20,21)/b12-9-/t11-,14+/m1/s1. The lowest BCUT2D eigenvalue weighted by Gasteiger charge is -2.20. The summed E-state index contributed by atoms with van der Waals surface area (Å²) in [6, 6.07) is 3.35. The average molecular weight is 363 g/mol. The van der Waals surface area contributed by atoms with Crippen LogP contribution in [0.5, 0.6) is 0 Å². The van der Waals surface area contributed by atoms with Gasteiger partial charge in [0.25, 0.3) is 5.91 Å². The molecule has 3 N–H and O–H groups in total. The smallest absolute Gasteiger partial charge is 0.478 e. The Hall–Kier alpha value is -2.23. The molecular formula is C16H18BNO6S. The molecule has 0 aliphatic carbocycles. The van der Waals surface area contributed by atoms with Crippen LogP contribution in [0.3, 0.4) is 0 Å². The molecule has 0 bridgehead atoms. The van der Waals surface area contributed by atoms with Gasteiger partial charge in [-0.3, -0.25) is 9.59 Å². The van der Waals surface area contributed by atoms with Crippen LogP contribution in [0.1, 0.15) is 24.6 Å². The maximum Gasteiger partial charge on any atom is 0.478 e. The first-order chi connectivity index (χ1) is 11.9. The number of amides is 1. The number of Topliss-reactive ketones (excluding diaryl/α,β-unsaturated/α-hetero) is 1. The van der Waals surface area contributed by atoms with E-state index < -0.39 is 31.0 Å². The molecule has 0 unspecified atom stereocenters. The van der Waals surface area contributed by atoms with Gasteiger partial charge in [0, 0.05) is 17.4 Å². The van der Waals surface area contributed by atoms with Gasteiger partial charge in [0.1, 0.15) is 5.78 Å². The Kier molecular flexibility index (Phi) is 6.69. The average Bonchev–Trinajstić information content (AvgIpc) is 2.98. The molecule has 0 saturated heterocycles. The predicted octanol–water partition coefficient (Wildman–Crippen LogP) is 1.04. The SMILES string of the molecule is CC(=O)C[C@H]1C=CC[C@H](NC(=O)/C(=C\C(=O)O)c2cccs2)B(O)O1. The zero-order chi connectivity index (χ0) is 18.4. The van der Waals surface area contributed by atoms with Gasteiger partial charge in [-0.1, -0.05) is 18.2 Å². The summed E-state index contributed by atoms with van der Waals surface area (Å²) in [7, 11) is -1.31. The molecule has 132 valence electrons. The van der Waals surface area contributed by atoms with Crippen molar-refractivity contribution in [3.8, 4) is 0 Å². The van der Waals surface area contributed by atoms with Gasteiger partial charge in [-0.15, -0.1) is 11.3 Å². The minimum atomic E-state index is -1.31. The molecule has 0 fully saturated rings. The van der Waals surface area contributed by atoms with Crippen molar-refractivity contribution in [3.63, 3.8) is 0 Å². The molecule has 2 heterocycles. The van der Waals surface area contributed by atoms with Crippen molar-refractivity contribution in [2.24, 2.45) is 0 Å². The first kappa shape index (κ1) is 19.1. The van der Waals surface area contributed by atoms with Crippen molar-refractivity contribution in [1.82, 2.24) is 5.32 Å². The van der Waals surface area contributed by atoms with E-state index in [0.29, 0.717) is 11.3 Å². The van der Waals surface area contributed by atoms with E-state index in [0.717, 1.165) is 6.08 Å². The van der Waals surface area contributed by atoms with Gasteiger partial charge in [-0.05, 0) is 24.8 Å². The van der Waals surface area contributed by atoms with E-state index in [1.807, 2.05) is 0 Å². The number of ketones is 1. The summed E-state index contributed by atoms with van der Waals surface area (Å²) in [5.41, 5.74) is 0.00297. The van der Waals surface area contributed by atoms with Crippen LogP contribution in [0.25, 0.3) is 5.57 Å². The second-order valence-corrected chi connectivity index (χ2v) is 6.54. The topological polar surface area (TPSA) is 113 Å². The Morgan fingerprint density at radius 1 is 1.48 bits per heavy atom. The van der Waals surface area contributed by atoms with E-state index in [-0.39, 0.29) is 17.8 Å². The van der Waals surface area contributed by atoms with Crippen LogP contribution in [-0.4, -0.2) is 47.0 Å². The molecule has 1 amide bonds. The normalized spacial score (nSPS) is 20.9. The maximum absolute atomic E-state index is 12.5. The summed E-state index contributed by atoms with van der Waals surface area (Å²) >= 11 is 1.24. The molecule has 1 aliphatic heterocycles. The van der Waals surface area contributed by atoms with Crippen molar-refractivity contribution in [2.45, 2.75) is 31.8 Å². The van der Waals surface area contributed by atoms with Gasteiger partial charge in [0.2, 0.25) is 0 Å². The first-order valence-electron chi connectivity index (χ1n) is 7.66. The number of carboxylic acids is 1. The monoisotopic (exact) mass is 363 g/mol. The van der Waals surface area contributed by atoms with Crippen molar-refractivity contribution < 1.29 is 29.2 Å². The summed E-state index contributed by atoms with van der Waals surface area (Å²) in [5.74, 6) is -2.68. The summed E-state index contributed by atoms with van der Waals surface area (Å²) in [5, 5.41) is 23.5. The molecule has 2 atom stereocenters. The molecule has 25 heavy (non-hydrogen) atoms. The van der Waals surface area contributed by atoms with Crippen LogP contribution in [0.15, 0.2) is 35.7 Å². The maximum atomic E-state index is 12.5. The van der Waals surface area contributed by atoms with Gasteiger partial charge in [-0.2, -0.15) is 0 Å². The van der Waals surface area contributed by atoms with Crippen LogP contribution < -0.4 is 5.32 Å². The molecule has 1 aromatic rings. The van der Waals surface area contributed by atoms with E-state index in [1.54, 1.807) is 29.7 Å². The zero-order valence-corrected chi connectivity index (χ0v) is 14.4. The fraction of sp³-hybridized carbons (Fsp3) is 0.312. The predicted molar refractivity (Wildman–Crippen MR) is 93.8 cm³/mol. The highest BCUT2D eigenvalue weighted by Gasteiger charge is 2.33. The van der Waals surface area contributed by atoms with Crippen molar-refractivity contribution in [2.75, 3.05) is 0 Å². The number of carboxylic acid groups (broad SMARTS) is 1. The Bertz CT molecular complexity index is 699. The van der Waals surface area contributed by atoms with Crippen LogP contribution in [0.2, 0.25) is 0 Å². The van der Waals surface area contributed by atoms with Gasteiger partial charge in [-0.25, -0.2) is 4.79 Å². The van der Waals surface area contributed by atoms with Crippen LogP contribution >= 0.6 is 11.3 Å². The highest BCUT2D eigenvalue weighted by Crippen LogP contribution is 2.21. The van der Waals surface area contributed by atoms with Gasteiger partial charge >= 0.3 is 13.1 Å². The summed E-state index contributed by atoms with van der Waals surface area (Å²) in [6.45, 7) is 1.43. The first-order valence-corrected chi connectivity index (χ1v) is 8.53. The second kappa shape index (κ2) is 8.75. The molecule has 1 aromatic heterocycles. The van der Waals surface area contributed by atoms with Crippen molar-refractivity contribution in [1.29, 1.82) is 0 Å².